The van der Waals surface area contributed by atoms with Crippen LogP contribution in [0.15, 0.2) is 59.5 Å². The van der Waals surface area contributed by atoms with E-state index in [4.69, 9.17) is 4.74 Å². The number of benzene rings is 3. The Kier molecular flexibility index (Phi) is 9.04. The molecule has 2 N–H and O–H groups in total. The number of sulfone groups is 1. The molecule has 0 heterocycles. The minimum Gasteiger partial charge on any atom is -0.507 e. The van der Waals surface area contributed by atoms with Crippen LogP contribution in [-0.4, -0.2) is 36.0 Å². The molecule has 3 aromatic carbocycles. The highest BCUT2D eigenvalue weighted by Gasteiger charge is 2.53. The molecule has 3 aromatic rings. The Hall–Kier alpha value is -3.32. The van der Waals surface area contributed by atoms with Gasteiger partial charge in [0.1, 0.15) is 11.5 Å². The molecule has 3 rings (SSSR count). The number of ether oxygens (including phenoxy) is 1. The molecule has 0 aliphatic rings. The number of hydrogen-bond acceptors (Lipinski definition) is 6. The van der Waals surface area contributed by atoms with Crippen molar-refractivity contribution in [1.82, 2.24) is 0 Å². The van der Waals surface area contributed by atoms with E-state index in [1.165, 1.54) is 12.1 Å². The molecule has 41 heavy (non-hydrogen) atoms. The van der Waals surface area contributed by atoms with E-state index in [1.807, 2.05) is 41.5 Å². The monoisotopic (exact) mass is 580 g/mol. The van der Waals surface area contributed by atoms with Gasteiger partial charge in [0.2, 0.25) is 0 Å². The van der Waals surface area contributed by atoms with E-state index in [0.717, 1.165) is 0 Å². The van der Waals surface area contributed by atoms with E-state index in [-0.39, 0.29) is 35.8 Å². The minimum absolute atomic E-state index is 0.00852. The molecule has 0 spiro atoms. The third-order valence-electron chi connectivity index (χ3n) is 7.53. The predicted octanol–water partition coefficient (Wildman–Crippen LogP) is 6.87. The van der Waals surface area contributed by atoms with Crippen LogP contribution in [-0.2, 0) is 43.0 Å². The van der Waals surface area contributed by atoms with Crippen molar-refractivity contribution < 1.29 is 28.2 Å². The molecule has 0 aliphatic carbocycles. The van der Waals surface area contributed by atoms with Gasteiger partial charge in [0.05, 0.1) is 11.5 Å². The molecular weight excluding hydrogens is 536 g/mol. The first kappa shape index (κ1) is 32.2. The molecule has 222 valence electrons. The minimum atomic E-state index is -4.32. The summed E-state index contributed by atoms with van der Waals surface area (Å²) < 4.78 is 32.8. The fraction of sp³-hybridized carbons (Fsp3) is 0.441. The lowest BCUT2D eigenvalue weighted by molar-refractivity contribution is -0.146. The summed E-state index contributed by atoms with van der Waals surface area (Å²) in [5.74, 6) is -0.536. The van der Waals surface area contributed by atoms with Gasteiger partial charge in [-0.25, -0.2) is 8.42 Å². The van der Waals surface area contributed by atoms with Crippen molar-refractivity contribution in [3.05, 3.63) is 88.0 Å². The quantitative estimate of drug-likeness (QED) is 0.282. The fourth-order valence-corrected chi connectivity index (χ4v) is 7.27. The van der Waals surface area contributed by atoms with Crippen molar-refractivity contribution in [1.29, 1.82) is 0 Å². The zero-order chi connectivity index (χ0) is 31.0. The summed E-state index contributed by atoms with van der Waals surface area (Å²) in [4.78, 5) is 14.1. The van der Waals surface area contributed by atoms with Crippen molar-refractivity contribution in [2.24, 2.45) is 0 Å². The highest BCUT2D eigenvalue weighted by molar-refractivity contribution is 7.93. The predicted molar refractivity (Wildman–Crippen MR) is 163 cm³/mol. The van der Waals surface area contributed by atoms with Gasteiger partial charge in [-0.1, -0.05) is 84.0 Å². The van der Waals surface area contributed by atoms with Gasteiger partial charge in [0.25, 0.3) is 0 Å². The number of carbonyl (C=O) groups is 1. The van der Waals surface area contributed by atoms with Crippen LogP contribution in [0.2, 0.25) is 0 Å². The molecule has 0 atom stereocenters. The van der Waals surface area contributed by atoms with Crippen molar-refractivity contribution >= 4 is 15.8 Å². The van der Waals surface area contributed by atoms with Gasteiger partial charge in [-0.2, -0.15) is 0 Å². The maximum absolute atomic E-state index is 14.6. The zero-order valence-corrected chi connectivity index (χ0v) is 26.6. The molecule has 6 nitrogen and oxygen atoms in total. The Bertz CT molecular complexity index is 1450. The lowest BCUT2D eigenvalue weighted by Crippen LogP contribution is -2.51. The number of aromatic hydroxyl groups is 2. The number of aryl methyl sites for hydroxylation is 2. The lowest BCUT2D eigenvalue weighted by atomic mass is 9.81. The third kappa shape index (κ3) is 6.45. The highest BCUT2D eigenvalue weighted by Crippen LogP contribution is 2.41. The second kappa shape index (κ2) is 11.5. The Morgan fingerprint density at radius 3 is 1.54 bits per heavy atom. The third-order valence-corrected chi connectivity index (χ3v) is 9.91. The molecule has 0 aromatic heterocycles. The van der Waals surface area contributed by atoms with Crippen LogP contribution in [0.3, 0.4) is 0 Å². The van der Waals surface area contributed by atoms with E-state index >= 15 is 0 Å². The Morgan fingerprint density at radius 2 is 1.17 bits per heavy atom. The summed E-state index contributed by atoms with van der Waals surface area (Å²) in [5, 5.41) is 21.7. The fourth-order valence-electron chi connectivity index (χ4n) is 5.31. The number of phenols is 2. The van der Waals surface area contributed by atoms with Crippen LogP contribution in [0.25, 0.3) is 0 Å². The van der Waals surface area contributed by atoms with Gasteiger partial charge in [0, 0.05) is 12.8 Å². The number of rotatable bonds is 8. The number of phenolic OH excluding ortho intramolecular Hbond substituents is 2. The molecule has 0 saturated carbocycles. The molecular formula is C34H44O6S. The summed E-state index contributed by atoms with van der Waals surface area (Å²) in [5.41, 5.74) is 2.87. The van der Waals surface area contributed by atoms with Gasteiger partial charge in [-0.15, -0.1) is 0 Å². The van der Waals surface area contributed by atoms with Crippen molar-refractivity contribution in [2.75, 3.05) is 6.61 Å². The first-order valence-electron chi connectivity index (χ1n) is 14.0. The molecule has 0 aliphatic heterocycles. The standard InChI is InChI=1S/C34H44O6S/c1-10-40-31(37)34(41(38,39)26-14-12-11-13-15-26,20-24-16-22(2)29(35)27(18-24)32(4,5)6)21-25-17-23(3)30(36)28(19-25)33(7,8)9/h11-19,35-36H,10,20-21H2,1-9H3. The van der Waals surface area contributed by atoms with Crippen LogP contribution in [0, 0.1) is 13.8 Å². The average Bonchev–Trinajstić information content (AvgIpc) is 2.86. The SMILES string of the molecule is CCOC(=O)C(Cc1cc(C)c(O)c(C(C)(C)C)c1)(Cc1cc(C)c(O)c(C(C)(C)C)c1)S(=O)(=O)c1ccccc1. The number of esters is 1. The maximum atomic E-state index is 14.6. The van der Waals surface area contributed by atoms with Crippen LogP contribution in [0.4, 0.5) is 0 Å². The van der Waals surface area contributed by atoms with Crippen LogP contribution >= 0.6 is 0 Å². The van der Waals surface area contributed by atoms with Gasteiger partial charge in [-0.05, 0) is 77.1 Å². The van der Waals surface area contributed by atoms with E-state index in [2.05, 4.69) is 0 Å². The maximum Gasteiger partial charge on any atom is 0.328 e. The summed E-state index contributed by atoms with van der Waals surface area (Å²) in [7, 11) is -4.32. The Balaban J connectivity index is 2.40. The lowest BCUT2D eigenvalue weighted by Gasteiger charge is -2.33. The van der Waals surface area contributed by atoms with Gasteiger partial charge < -0.3 is 14.9 Å². The molecule has 0 unspecified atom stereocenters. The average molecular weight is 581 g/mol. The topological polar surface area (TPSA) is 101 Å². The van der Waals surface area contributed by atoms with Gasteiger partial charge in [-0.3, -0.25) is 4.79 Å². The van der Waals surface area contributed by atoms with Gasteiger partial charge in [0.15, 0.2) is 14.6 Å². The normalized spacial score (nSPS) is 12.8. The van der Waals surface area contributed by atoms with E-state index in [1.54, 1.807) is 63.2 Å². The first-order valence-corrected chi connectivity index (χ1v) is 15.5. The van der Waals surface area contributed by atoms with E-state index in [9.17, 15) is 23.4 Å². The second-order valence-corrected chi connectivity index (χ2v) is 15.3. The van der Waals surface area contributed by atoms with Crippen molar-refractivity contribution in [3.8, 4) is 11.5 Å². The first-order chi connectivity index (χ1) is 18.8. The molecule has 0 fully saturated rings. The van der Waals surface area contributed by atoms with Crippen LogP contribution in [0.1, 0.15) is 81.8 Å². The van der Waals surface area contributed by atoms with Crippen molar-refractivity contribution in [2.45, 2.75) is 95.6 Å². The Labute approximate surface area is 245 Å². The molecule has 0 amide bonds. The smallest absolute Gasteiger partial charge is 0.328 e. The number of hydrogen-bond donors (Lipinski definition) is 2. The van der Waals surface area contributed by atoms with Crippen molar-refractivity contribution in [3.63, 3.8) is 0 Å². The van der Waals surface area contributed by atoms with E-state index < -0.39 is 31.4 Å². The van der Waals surface area contributed by atoms with Gasteiger partial charge >= 0.3 is 5.97 Å². The van der Waals surface area contributed by atoms with E-state index in [0.29, 0.717) is 33.4 Å². The molecule has 0 radical (unpaired) electrons. The summed E-state index contributed by atoms with van der Waals surface area (Å²) in [6, 6.07) is 15.0. The molecule has 0 saturated heterocycles. The largest absolute Gasteiger partial charge is 0.507 e. The number of carbonyl (C=O) groups excluding carboxylic acids is 1. The summed E-state index contributed by atoms with van der Waals surface area (Å²) >= 11 is 0. The molecule has 0 bridgehead atoms. The summed E-state index contributed by atoms with van der Waals surface area (Å²) in [6.45, 7) is 17.0. The molecule has 7 heteroatoms. The van der Waals surface area contributed by atoms with Crippen LogP contribution < -0.4 is 0 Å². The zero-order valence-electron chi connectivity index (χ0n) is 25.8. The second-order valence-electron chi connectivity index (χ2n) is 13.0. The van der Waals surface area contributed by atoms with Crippen LogP contribution in [0.5, 0.6) is 11.5 Å². The Morgan fingerprint density at radius 1 is 0.756 bits per heavy atom. The summed E-state index contributed by atoms with van der Waals surface area (Å²) in [6.07, 6.45) is -0.337. The highest BCUT2D eigenvalue weighted by atomic mass is 32.2.